The van der Waals surface area contributed by atoms with Gasteiger partial charge in [-0.3, -0.25) is 0 Å². The number of ether oxygens (including phenoxy) is 2. The molecule has 4 heteroatoms. The Morgan fingerprint density at radius 1 is 1.05 bits per heavy atom. The van der Waals surface area contributed by atoms with Gasteiger partial charge in [-0.1, -0.05) is 24.3 Å². The Morgan fingerprint density at radius 3 is 2.37 bits per heavy atom. The van der Waals surface area contributed by atoms with Crippen molar-refractivity contribution >= 4 is 0 Å². The van der Waals surface area contributed by atoms with E-state index in [0.717, 1.165) is 0 Å². The van der Waals surface area contributed by atoms with E-state index < -0.39 is 5.82 Å². The highest BCUT2D eigenvalue weighted by molar-refractivity contribution is 5.46. The normalized spacial score (nSPS) is 12.0. The van der Waals surface area contributed by atoms with Gasteiger partial charge < -0.3 is 15.2 Å². The third-order valence-electron chi connectivity index (χ3n) is 2.77. The van der Waals surface area contributed by atoms with E-state index in [1.807, 2.05) is 6.07 Å². The molecule has 0 radical (unpaired) electrons. The van der Waals surface area contributed by atoms with Gasteiger partial charge in [0.1, 0.15) is 0 Å². The van der Waals surface area contributed by atoms with E-state index >= 15 is 0 Å². The quantitative estimate of drug-likeness (QED) is 0.913. The zero-order valence-corrected chi connectivity index (χ0v) is 10.9. The van der Waals surface area contributed by atoms with E-state index in [-0.39, 0.29) is 11.8 Å². The molecule has 0 aliphatic carbocycles. The van der Waals surface area contributed by atoms with Crippen molar-refractivity contribution in [2.45, 2.75) is 13.0 Å². The highest BCUT2D eigenvalue weighted by Gasteiger charge is 2.15. The summed E-state index contributed by atoms with van der Waals surface area (Å²) in [6.07, 6.45) is 0. The zero-order valence-electron chi connectivity index (χ0n) is 10.9. The highest BCUT2D eigenvalue weighted by atomic mass is 19.1. The Kier molecular flexibility index (Phi) is 4.02. The summed E-state index contributed by atoms with van der Waals surface area (Å²) in [5.74, 6) is 0.695. The van der Waals surface area contributed by atoms with Crippen LogP contribution < -0.4 is 15.2 Å². The molecule has 0 aliphatic rings. The van der Waals surface area contributed by atoms with Gasteiger partial charge in [0.15, 0.2) is 23.1 Å². The molecule has 0 spiro atoms. The molecule has 2 aromatic rings. The van der Waals surface area contributed by atoms with Gasteiger partial charge in [-0.25, -0.2) is 4.39 Å². The molecule has 0 bridgehead atoms. The largest absolute Gasteiger partial charge is 0.493 e. The average Bonchev–Trinajstić information content (AvgIpc) is 2.41. The predicted molar refractivity (Wildman–Crippen MR) is 72.1 cm³/mol. The second-order valence-electron chi connectivity index (χ2n) is 4.20. The highest BCUT2D eigenvalue weighted by Crippen LogP contribution is 2.35. The summed E-state index contributed by atoms with van der Waals surface area (Å²) in [4.78, 5) is 0. The summed E-state index contributed by atoms with van der Waals surface area (Å²) in [6, 6.07) is 11.5. The van der Waals surface area contributed by atoms with E-state index in [1.54, 1.807) is 37.3 Å². The SMILES string of the molecule is COc1ccccc1Oc1c(F)cccc1[C@H](C)N. The molecule has 0 aliphatic heterocycles. The van der Waals surface area contributed by atoms with E-state index in [9.17, 15) is 4.39 Å². The van der Waals surface area contributed by atoms with Gasteiger partial charge >= 0.3 is 0 Å². The minimum atomic E-state index is -0.444. The van der Waals surface area contributed by atoms with Crippen molar-refractivity contribution in [3.63, 3.8) is 0 Å². The van der Waals surface area contributed by atoms with Gasteiger partial charge in [0, 0.05) is 11.6 Å². The lowest BCUT2D eigenvalue weighted by molar-refractivity contribution is 0.368. The van der Waals surface area contributed by atoms with Gasteiger partial charge in [-0.15, -0.1) is 0 Å². The fourth-order valence-electron chi connectivity index (χ4n) is 1.80. The van der Waals surface area contributed by atoms with E-state index in [0.29, 0.717) is 17.1 Å². The number of rotatable bonds is 4. The maximum atomic E-state index is 13.9. The van der Waals surface area contributed by atoms with Crippen LogP contribution in [0.25, 0.3) is 0 Å². The maximum absolute atomic E-state index is 13.9. The molecule has 19 heavy (non-hydrogen) atoms. The third kappa shape index (κ3) is 2.85. The van der Waals surface area contributed by atoms with Crippen LogP contribution in [0, 0.1) is 5.82 Å². The molecule has 0 amide bonds. The van der Waals surface area contributed by atoms with Gasteiger partial charge in [-0.05, 0) is 25.1 Å². The first-order valence-electron chi connectivity index (χ1n) is 5.98. The monoisotopic (exact) mass is 261 g/mol. The summed E-state index contributed by atoms with van der Waals surface area (Å²) in [5, 5.41) is 0. The van der Waals surface area contributed by atoms with Crippen LogP contribution in [0.2, 0.25) is 0 Å². The molecule has 0 saturated carbocycles. The Balaban J connectivity index is 2.43. The van der Waals surface area contributed by atoms with Crippen LogP contribution >= 0.6 is 0 Å². The van der Waals surface area contributed by atoms with E-state index in [2.05, 4.69) is 0 Å². The molecule has 0 saturated heterocycles. The smallest absolute Gasteiger partial charge is 0.169 e. The lowest BCUT2D eigenvalue weighted by Gasteiger charge is -2.15. The van der Waals surface area contributed by atoms with Crippen LogP contribution in [-0.2, 0) is 0 Å². The molecule has 2 N–H and O–H groups in total. The van der Waals surface area contributed by atoms with E-state index in [1.165, 1.54) is 13.2 Å². The summed E-state index contributed by atoms with van der Waals surface area (Å²) >= 11 is 0. The van der Waals surface area contributed by atoms with Crippen molar-refractivity contribution < 1.29 is 13.9 Å². The third-order valence-corrected chi connectivity index (χ3v) is 2.77. The second kappa shape index (κ2) is 5.71. The first kappa shape index (κ1) is 13.4. The topological polar surface area (TPSA) is 44.5 Å². The number of nitrogens with two attached hydrogens (primary N) is 1. The van der Waals surface area contributed by atoms with Crippen molar-refractivity contribution in [1.29, 1.82) is 0 Å². The molecule has 3 nitrogen and oxygen atoms in total. The Bertz CT molecular complexity index is 570. The van der Waals surface area contributed by atoms with Crippen molar-refractivity contribution in [3.8, 4) is 17.2 Å². The van der Waals surface area contributed by atoms with Gasteiger partial charge in [0.2, 0.25) is 0 Å². The molecule has 0 fully saturated rings. The summed E-state index contributed by atoms with van der Waals surface area (Å²) in [7, 11) is 1.54. The standard InChI is InChI=1S/C15H16FNO2/c1-10(17)11-6-5-7-12(16)15(11)19-14-9-4-3-8-13(14)18-2/h3-10H,17H2,1-2H3/t10-/m0/s1. The van der Waals surface area contributed by atoms with Crippen LogP contribution in [0.15, 0.2) is 42.5 Å². The Morgan fingerprint density at radius 2 is 1.74 bits per heavy atom. The number of methoxy groups -OCH3 is 1. The van der Waals surface area contributed by atoms with Crippen molar-refractivity contribution in [2.24, 2.45) is 5.73 Å². The number of para-hydroxylation sites is 3. The van der Waals surface area contributed by atoms with E-state index in [4.69, 9.17) is 15.2 Å². The Hall–Kier alpha value is -2.07. The predicted octanol–water partition coefficient (Wildman–Crippen LogP) is 3.65. The molecule has 0 unspecified atom stereocenters. The lowest BCUT2D eigenvalue weighted by atomic mass is 10.1. The number of benzene rings is 2. The molecule has 2 aromatic carbocycles. The first-order chi connectivity index (χ1) is 9.13. The fraction of sp³-hybridized carbons (Fsp3) is 0.200. The minimum absolute atomic E-state index is 0.141. The minimum Gasteiger partial charge on any atom is -0.493 e. The van der Waals surface area contributed by atoms with Crippen LogP contribution in [0.5, 0.6) is 17.2 Å². The summed E-state index contributed by atoms with van der Waals surface area (Å²) in [6.45, 7) is 1.78. The maximum Gasteiger partial charge on any atom is 0.169 e. The molecule has 100 valence electrons. The van der Waals surface area contributed by atoms with Gasteiger partial charge in [0.25, 0.3) is 0 Å². The van der Waals surface area contributed by atoms with Gasteiger partial charge in [-0.2, -0.15) is 0 Å². The molecule has 2 rings (SSSR count). The van der Waals surface area contributed by atoms with Crippen molar-refractivity contribution in [3.05, 3.63) is 53.8 Å². The van der Waals surface area contributed by atoms with Crippen molar-refractivity contribution in [1.82, 2.24) is 0 Å². The molecular weight excluding hydrogens is 245 g/mol. The average molecular weight is 261 g/mol. The lowest BCUT2D eigenvalue weighted by Crippen LogP contribution is -2.07. The van der Waals surface area contributed by atoms with Crippen LogP contribution in [0.3, 0.4) is 0 Å². The number of hydrogen-bond acceptors (Lipinski definition) is 3. The van der Waals surface area contributed by atoms with Gasteiger partial charge in [0.05, 0.1) is 7.11 Å². The van der Waals surface area contributed by atoms with Crippen LogP contribution in [0.1, 0.15) is 18.5 Å². The molecule has 1 atom stereocenters. The Labute approximate surface area is 111 Å². The van der Waals surface area contributed by atoms with Crippen LogP contribution in [-0.4, -0.2) is 7.11 Å². The second-order valence-corrected chi connectivity index (χ2v) is 4.20. The van der Waals surface area contributed by atoms with Crippen molar-refractivity contribution in [2.75, 3.05) is 7.11 Å². The summed E-state index contributed by atoms with van der Waals surface area (Å²) in [5.41, 5.74) is 6.45. The first-order valence-corrected chi connectivity index (χ1v) is 5.98. The summed E-state index contributed by atoms with van der Waals surface area (Å²) < 4.78 is 24.7. The zero-order chi connectivity index (χ0) is 13.8. The molecular formula is C15H16FNO2. The number of halogens is 1. The molecule has 0 aromatic heterocycles. The number of hydrogen-bond donors (Lipinski definition) is 1. The fourth-order valence-corrected chi connectivity index (χ4v) is 1.80. The van der Waals surface area contributed by atoms with Crippen LogP contribution in [0.4, 0.5) is 4.39 Å². The molecule has 0 heterocycles.